The molecule has 1 atom stereocenters. The van der Waals surface area contributed by atoms with Crippen molar-refractivity contribution in [2.45, 2.75) is 52.9 Å². The summed E-state index contributed by atoms with van der Waals surface area (Å²) >= 11 is 0. The summed E-state index contributed by atoms with van der Waals surface area (Å²) in [4.78, 5) is 0. The summed E-state index contributed by atoms with van der Waals surface area (Å²) in [7, 11) is 0. The number of hydrogen-bond acceptors (Lipinski definition) is 3. The first-order valence-corrected chi connectivity index (χ1v) is 7.56. The number of rotatable bonds is 6. The van der Waals surface area contributed by atoms with Gasteiger partial charge in [0.25, 0.3) is 0 Å². The van der Waals surface area contributed by atoms with Crippen LogP contribution in [0, 0.1) is 0 Å². The van der Waals surface area contributed by atoms with Gasteiger partial charge in [0.15, 0.2) is 0 Å². The standard InChI is InChI=1S/C17H24N2O2/c1-5-14-11-16(19(6-2)18-14)17(20)13-7-9-15(10-8-13)21-12(3)4/h7-12,17,20H,5-6H2,1-4H3. The van der Waals surface area contributed by atoms with E-state index < -0.39 is 6.10 Å². The monoisotopic (exact) mass is 288 g/mol. The smallest absolute Gasteiger partial charge is 0.121 e. The maximum atomic E-state index is 10.6. The second-order valence-electron chi connectivity index (χ2n) is 5.37. The summed E-state index contributed by atoms with van der Waals surface area (Å²) in [6.07, 6.45) is 0.355. The molecule has 1 aromatic heterocycles. The zero-order valence-electron chi connectivity index (χ0n) is 13.2. The van der Waals surface area contributed by atoms with E-state index in [4.69, 9.17) is 4.74 Å². The number of hydrogen-bond donors (Lipinski definition) is 1. The zero-order valence-corrected chi connectivity index (χ0v) is 13.2. The topological polar surface area (TPSA) is 47.3 Å². The Kier molecular flexibility index (Phi) is 5.02. The summed E-state index contributed by atoms with van der Waals surface area (Å²) in [6, 6.07) is 9.58. The Bertz CT molecular complexity index is 573. The van der Waals surface area contributed by atoms with Gasteiger partial charge in [0.1, 0.15) is 11.9 Å². The fourth-order valence-corrected chi connectivity index (χ4v) is 2.30. The van der Waals surface area contributed by atoms with Crippen molar-refractivity contribution in [2.75, 3.05) is 0 Å². The average molecular weight is 288 g/mol. The molecular weight excluding hydrogens is 264 g/mol. The first-order chi connectivity index (χ1) is 10.0. The number of aliphatic hydroxyl groups is 1. The number of aromatic nitrogens is 2. The van der Waals surface area contributed by atoms with E-state index in [1.165, 1.54) is 0 Å². The first kappa shape index (κ1) is 15.6. The lowest BCUT2D eigenvalue weighted by atomic mass is 10.1. The zero-order chi connectivity index (χ0) is 15.4. The van der Waals surface area contributed by atoms with Gasteiger partial charge >= 0.3 is 0 Å². The van der Waals surface area contributed by atoms with Crippen LogP contribution in [0.15, 0.2) is 30.3 Å². The summed E-state index contributed by atoms with van der Waals surface area (Å²) in [5.74, 6) is 0.819. The number of nitrogens with zero attached hydrogens (tertiary/aromatic N) is 2. The second-order valence-corrected chi connectivity index (χ2v) is 5.37. The van der Waals surface area contributed by atoms with Crippen molar-refractivity contribution in [3.05, 3.63) is 47.3 Å². The first-order valence-electron chi connectivity index (χ1n) is 7.56. The minimum Gasteiger partial charge on any atom is -0.491 e. The van der Waals surface area contributed by atoms with Crippen LogP contribution in [-0.2, 0) is 13.0 Å². The predicted octanol–water partition coefficient (Wildman–Crippen LogP) is 3.33. The molecule has 0 spiro atoms. The van der Waals surface area contributed by atoms with Crippen molar-refractivity contribution in [3.8, 4) is 5.75 Å². The van der Waals surface area contributed by atoms with E-state index >= 15 is 0 Å². The molecule has 21 heavy (non-hydrogen) atoms. The van der Waals surface area contributed by atoms with E-state index in [9.17, 15) is 5.11 Å². The van der Waals surface area contributed by atoms with Crippen LogP contribution in [0.1, 0.15) is 50.8 Å². The maximum absolute atomic E-state index is 10.6. The average Bonchev–Trinajstić information content (AvgIpc) is 2.90. The van der Waals surface area contributed by atoms with Gasteiger partial charge in [-0.25, -0.2) is 0 Å². The number of aliphatic hydroxyl groups excluding tert-OH is 1. The highest BCUT2D eigenvalue weighted by molar-refractivity contribution is 5.32. The van der Waals surface area contributed by atoms with Gasteiger partial charge in [-0.05, 0) is 51.0 Å². The minimum atomic E-state index is -0.661. The van der Waals surface area contributed by atoms with Gasteiger partial charge in [0, 0.05) is 6.54 Å². The van der Waals surface area contributed by atoms with Crippen LogP contribution in [0.5, 0.6) is 5.75 Å². The highest BCUT2D eigenvalue weighted by atomic mass is 16.5. The molecule has 0 aliphatic carbocycles. The van der Waals surface area contributed by atoms with Crippen LogP contribution >= 0.6 is 0 Å². The van der Waals surface area contributed by atoms with Crippen LogP contribution in [0.3, 0.4) is 0 Å². The Morgan fingerprint density at radius 3 is 2.38 bits per heavy atom. The molecule has 1 N–H and O–H groups in total. The largest absolute Gasteiger partial charge is 0.491 e. The molecule has 4 nitrogen and oxygen atoms in total. The quantitative estimate of drug-likeness (QED) is 0.887. The fraction of sp³-hybridized carbons (Fsp3) is 0.471. The van der Waals surface area contributed by atoms with Crippen molar-refractivity contribution in [1.29, 1.82) is 0 Å². The molecule has 0 saturated heterocycles. The number of benzene rings is 1. The van der Waals surface area contributed by atoms with E-state index in [1.807, 2.05) is 55.8 Å². The summed E-state index contributed by atoms with van der Waals surface area (Å²) < 4.78 is 7.48. The van der Waals surface area contributed by atoms with Gasteiger partial charge in [-0.1, -0.05) is 19.1 Å². The van der Waals surface area contributed by atoms with E-state index in [0.29, 0.717) is 0 Å². The number of ether oxygens (including phenoxy) is 1. The Labute approximate surface area is 126 Å². The molecule has 2 rings (SSSR count). The molecule has 4 heteroatoms. The van der Waals surface area contributed by atoms with Gasteiger partial charge in [-0.15, -0.1) is 0 Å². The molecular formula is C17H24N2O2. The van der Waals surface area contributed by atoms with Crippen molar-refractivity contribution in [2.24, 2.45) is 0 Å². The van der Waals surface area contributed by atoms with Crippen LogP contribution in [-0.4, -0.2) is 21.0 Å². The maximum Gasteiger partial charge on any atom is 0.121 e. The summed E-state index contributed by atoms with van der Waals surface area (Å²) in [5, 5.41) is 15.1. The fourth-order valence-electron chi connectivity index (χ4n) is 2.30. The Morgan fingerprint density at radius 2 is 1.86 bits per heavy atom. The third kappa shape index (κ3) is 3.64. The van der Waals surface area contributed by atoms with Crippen molar-refractivity contribution in [3.63, 3.8) is 0 Å². The van der Waals surface area contributed by atoms with Crippen molar-refractivity contribution >= 4 is 0 Å². The minimum absolute atomic E-state index is 0.148. The van der Waals surface area contributed by atoms with E-state index in [-0.39, 0.29) is 6.10 Å². The lowest BCUT2D eigenvalue weighted by molar-refractivity contribution is 0.207. The Hall–Kier alpha value is -1.81. The molecule has 0 fully saturated rings. The molecule has 0 radical (unpaired) electrons. The summed E-state index contributed by atoms with van der Waals surface area (Å²) in [6.45, 7) is 8.84. The Morgan fingerprint density at radius 1 is 1.19 bits per heavy atom. The van der Waals surface area contributed by atoms with Crippen molar-refractivity contribution in [1.82, 2.24) is 9.78 Å². The molecule has 114 valence electrons. The number of aryl methyl sites for hydroxylation is 2. The highest BCUT2D eigenvalue weighted by Crippen LogP contribution is 2.25. The van der Waals surface area contributed by atoms with Gasteiger partial charge in [0.2, 0.25) is 0 Å². The predicted molar refractivity (Wildman–Crippen MR) is 83.5 cm³/mol. The van der Waals surface area contributed by atoms with Crippen LogP contribution < -0.4 is 4.74 Å². The van der Waals surface area contributed by atoms with Gasteiger partial charge in [-0.3, -0.25) is 4.68 Å². The van der Waals surface area contributed by atoms with Gasteiger partial charge in [-0.2, -0.15) is 5.10 Å². The molecule has 0 saturated carbocycles. The molecule has 1 unspecified atom stereocenters. The Balaban J connectivity index is 2.23. The second kappa shape index (κ2) is 6.76. The van der Waals surface area contributed by atoms with Gasteiger partial charge in [0.05, 0.1) is 17.5 Å². The SMILES string of the molecule is CCc1cc(C(O)c2ccc(OC(C)C)cc2)n(CC)n1. The molecule has 0 amide bonds. The lowest BCUT2D eigenvalue weighted by Crippen LogP contribution is -2.09. The molecule has 0 aliphatic heterocycles. The van der Waals surface area contributed by atoms with E-state index in [1.54, 1.807) is 0 Å². The van der Waals surface area contributed by atoms with Crippen LogP contribution in [0.4, 0.5) is 0 Å². The summed E-state index contributed by atoms with van der Waals surface area (Å²) in [5.41, 5.74) is 2.70. The van der Waals surface area contributed by atoms with Gasteiger partial charge < -0.3 is 9.84 Å². The van der Waals surface area contributed by atoms with E-state index in [2.05, 4.69) is 12.0 Å². The van der Waals surface area contributed by atoms with E-state index in [0.717, 1.165) is 35.7 Å². The lowest BCUT2D eigenvalue weighted by Gasteiger charge is -2.14. The molecule has 0 bridgehead atoms. The molecule has 1 heterocycles. The highest BCUT2D eigenvalue weighted by Gasteiger charge is 2.17. The third-order valence-corrected chi connectivity index (χ3v) is 3.37. The normalized spacial score (nSPS) is 12.7. The molecule has 2 aromatic rings. The van der Waals surface area contributed by atoms with Crippen LogP contribution in [0.2, 0.25) is 0 Å². The molecule has 1 aromatic carbocycles. The van der Waals surface area contributed by atoms with Crippen molar-refractivity contribution < 1.29 is 9.84 Å². The third-order valence-electron chi connectivity index (χ3n) is 3.37. The molecule has 0 aliphatic rings. The van der Waals surface area contributed by atoms with Crippen LogP contribution in [0.25, 0.3) is 0 Å².